The molecular weight excluding hydrogens is 506 g/mol. The SMILES string of the molecule is O=C(NC(CN1CCCC1)C(O)c1ccc2c(c1)OCCO2)C1CCN(c2ccc(OC3CC3)c(Cl)c2)C1. The van der Waals surface area contributed by atoms with Crippen LogP contribution in [0.5, 0.6) is 17.2 Å². The third kappa shape index (κ3) is 5.82. The lowest BCUT2D eigenvalue weighted by Crippen LogP contribution is -2.48. The van der Waals surface area contributed by atoms with Crippen molar-refractivity contribution in [3.63, 3.8) is 0 Å². The molecule has 3 unspecified atom stereocenters. The molecule has 1 amide bonds. The highest BCUT2D eigenvalue weighted by Crippen LogP contribution is 2.36. The molecule has 3 atom stereocenters. The van der Waals surface area contributed by atoms with E-state index in [1.165, 1.54) is 0 Å². The lowest BCUT2D eigenvalue weighted by molar-refractivity contribution is -0.126. The first-order valence-corrected chi connectivity index (χ1v) is 14.2. The summed E-state index contributed by atoms with van der Waals surface area (Å²) in [6, 6.07) is 11.0. The fraction of sp³-hybridized carbons (Fsp3) is 0.552. The first-order chi connectivity index (χ1) is 18.5. The molecule has 3 aliphatic heterocycles. The van der Waals surface area contributed by atoms with Gasteiger partial charge in [-0.25, -0.2) is 0 Å². The van der Waals surface area contributed by atoms with Crippen molar-refractivity contribution in [1.82, 2.24) is 10.2 Å². The molecule has 2 saturated heterocycles. The molecule has 0 radical (unpaired) electrons. The quantitative estimate of drug-likeness (QED) is 0.500. The molecule has 3 heterocycles. The second kappa shape index (κ2) is 11.2. The van der Waals surface area contributed by atoms with Crippen LogP contribution >= 0.6 is 11.6 Å². The summed E-state index contributed by atoms with van der Waals surface area (Å²) in [5, 5.41) is 15.2. The van der Waals surface area contributed by atoms with Gasteiger partial charge in [-0.05, 0) is 81.1 Å². The standard InChI is InChI=1S/C29H36ClN3O5/c30-23-16-21(4-8-25(23)38-22-5-6-22)33-12-9-20(17-33)29(35)31-24(18-32-10-1-2-11-32)28(34)19-3-7-26-27(15-19)37-14-13-36-26/h3-4,7-8,15-16,20,22,24,28,34H,1-2,5-6,9-14,17-18H2,(H,31,35). The molecule has 2 aromatic carbocycles. The Bertz CT molecular complexity index is 1150. The molecule has 2 N–H and O–H groups in total. The van der Waals surface area contributed by atoms with Crippen LogP contribution in [0.2, 0.25) is 5.02 Å². The molecule has 3 fully saturated rings. The van der Waals surface area contributed by atoms with E-state index in [1.807, 2.05) is 36.4 Å². The van der Waals surface area contributed by atoms with Gasteiger partial charge < -0.3 is 34.4 Å². The molecule has 0 aromatic heterocycles. The van der Waals surface area contributed by atoms with Crippen LogP contribution in [0.25, 0.3) is 0 Å². The number of aliphatic hydroxyl groups excluding tert-OH is 1. The van der Waals surface area contributed by atoms with Crippen LogP contribution in [0.1, 0.15) is 43.8 Å². The molecule has 38 heavy (non-hydrogen) atoms. The number of anilines is 1. The Morgan fingerprint density at radius 1 is 1.05 bits per heavy atom. The highest BCUT2D eigenvalue weighted by molar-refractivity contribution is 6.32. The van der Waals surface area contributed by atoms with Gasteiger partial charge >= 0.3 is 0 Å². The van der Waals surface area contributed by atoms with E-state index in [4.69, 9.17) is 25.8 Å². The van der Waals surface area contributed by atoms with Crippen molar-refractivity contribution in [3.05, 3.63) is 47.0 Å². The average molecular weight is 542 g/mol. The van der Waals surface area contributed by atoms with Crippen molar-refractivity contribution in [3.8, 4) is 17.2 Å². The Hall–Kier alpha value is -2.68. The lowest BCUT2D eigenvalue weighted by atomic mass is 9.99. The van der Waals surface area contributed by atoms with E-state index in [9.17, 15) is 9.90 Å². The lowest BCUT2D eigenvalue weighted by Gasteiger charge is -2.30. The summed E-state index contributed by atoms with van der Waals surface area (Å²) in [5.74, 6) is 1.87. The molecule has 0 spiro atoms. The van der Waals surface area contributed by atoms with E-state index in [-0.39, 0.29) is 11.8 Å². The number of rotatable bonds is 9. The first kappa shape index (κ1) is 25.6. The van der Waals surface area contributed by atoms with Gasteiger partial charge in [0, 0.05) is 25.3 Å². The monoisotopic (exact) mass is 541 g/mol. The van der Waals surface area contributed by atoms with Gasteiger partial charge in [-0.15, -0.1) is 0 Å². The summed E-state index contributed by atoms with van der Waals surface area (Å²) in [6.45, 7) is 4.97. The number of nitrogens with one attached hydrogen (secondary N) is 1. The second-order valence-corrected chi connectivity index (χ2v) is 11.2. The van der Waals surface area contributed by atoms with Crippen molar-refractivity contribution in [1.29, 1.82) is 0 Å². The van der Waals surface area contributed by atoms with Crippen LogP contribution < -0.4 is 24.4 Å². The van der Waals surface area contributed by atoms with Crippen LogP contribution in [0.3, 0.4) is 0 Å². The van der Waals surface area contributed by atoms with E-state index in [1.54, 1.807) is 0 Å². The molecule has 1 saturated carbocycles. The summed E-state index contributed by atoms with van der Waals surface area (Å²) in [7, 11) is 0. The number of aliphatic hydroxyl groups is 1. The first-order valence-electron chi connectivity index (χ1n) is 13.8. The molecule has 9 heteroatoms. The number of carbonyl (C=O) groups excluding carboxylic acids is 1. The van der Waals surface area contributed by atoms with Crippen molar-refractivity contribution >= 4 is 23.2 Å². The fourth-order valence-corrected chi connectivity index (χ4v) is 5.82. The summed E-state index contributed by atoms with van der Waals surface area (Å²) >= 11 is 6.49. The van der Waals surface area contributed by atoms with Crippen molar-refractivity contribution in [2.45, 2.75) is 50.4 Å². The number of benzene rings is 2. The molecule has 8 nitrogen and oxygen atoms in total. The molecule has 1 aliphatic carbocycles. The van der Waals surface area contributed by atoms with Crippen LogP contribution in [-0.2, 0) is 4.79 Å². The second-order valence-electron chi connectivity index (χ2n) is 10.8. The molecule has 4 aliphatic rings. The maximum atomic E-state index is 13.5. The van der Waals surface area contributed by atoms with Gasteiger partial charge in [-0.2, -0.15) is 0 Å². The number of nitrogens with zero attached hydrogens (tertiary/aromatic N) is 2. The minimum absolute atomic E-state index is 0.0203. The molecule has 2 aromatic rings. The Morgan fingerprint density at radius 2 is 1.84 bits per heavy atom. The third-order valence-corrected chi connectivity index (χ3v) is 8.22. The van der Waals surface area contributed by atoms with E-state index in [0.29, 0.717) is 48.9 Å². The minimum Gasteiger partial charge on any atom is -0.489 e. The van der Waals surface area contributed by atoms with Crippen molar-refractivity contribution < 1.29 is 24.1 Å². The van der Waals surface area contributed by atoms with E-state index < -0.39 is 12.1 Å². The molecule has 0 bridgehead atoms. The van der Waals surface area contributed by atoms with Gasteiger partial charge in [0.25, 0.3) is 0 Å². The van der Waals surface area contributed by atoms with Crippen molar-refractivity contribution in [2.75, 3.05) is 50.8 Å². The number of fused-ring (bicyclic) bond motifs is 1. The zero-order valence-electron chi connectivity index (χ0n) is 21.6. The molecule has 204 valence electrons. The van der Waals surface area contributed by atoms with Crippen LogP contribution in [0.15, 0.2) is 36.4 Å². The van der Waals surface area contributed by atoms with E-state index in [0.717, 1.165) is 68.7 Å². The van der Waals surface area contributed by atoms with Crippen molar-refractivity contribution in [2.24, 2.45) is 5.92 Å². The third-order valence-electron chi connectivity index (χ3n) is 7.93. The van der Waals surface area contributed by atoms with Gasteiger partial charge in [-0.3, -0.25) is 4.79 Å². The van der Waals surface area contributed by atoms with Gasteiger partial charge in [0.05, 0.1) is 23.1 Å². The number of carbonyl (C=O) groups is 1. The summed E-state index contributed by atoms with van der Waals surface area (Å²) in [4.78, 5) is 18.0. The molecular formula is C29H36ClN3O5. The Morgan fingerprint density at radius 3 is 2.61 bits per heavy atom. The number of amides is 1. The predicted molar refractivity (Wildman–Crippen MR) is 145 cm³/mol. The van der Waals surface area contributed by atoms with Crippen LogP contribution in [-0.4, -0.2) is 74.0 Å². The zero-order chi connectivity index (χ0) is 26.1. The van der Waals surface area contributed by atoms with Gasteiger partial charge in [0.15, 0.2) is 11.5 Å². The van der Waals surface area contributed by atoms with Gasteiger partial charge in [0.2, 0.25) is 5.91 Å². The zero-order valence-corrected chi connectivity index (χ0v) is 22.4. The summed E-state index contributed by atoms with van der Waals surface area (Å²) in [5.41, 5.74) is 1.72. The summed E-state index contributed by atoms with van der Waals surface area (Å²) < 4.78 is 17.2. The summed E-state index contributed by atoms with van der Waals surface area (Å²) in [6.07, 6.45) is 4.65. The highest BCUT2D eigenvalue weighted by atomic mass is 35.5. The maximum absolute atomic E-state index is 13.5. The van der Waals surface area contributed by atoms with E-state index in [2.05, 4.69) is 15.1 Å². The van der Waals surface area contributed by atoms with Crippen LogP contribution in [0, 0.1) is 5.92 Å². The average Bonchev–Trinajstić information content (AvgIpc) is 3.37. The minimum atomic E-state index is -0.856. The molecule has 6 rings (SSSR count). The maximum Gasteiger partial charge on any atom is 0.225 e. The fourth-order valence-electron chi connectivity index (χ4n) is 5.60. The number of likely N-dealkylation sites (tertiary alicyclic amines) is 1. The number of halogens is 1. The normalized spacial score (nSPS) is 22.8. The number of ether oxygens (including phenoxy) is 3. The van der Waals surface area contributed by atoms with Gasteiger partial charge in [0.1, 0.15) is 25.1 Å². The number of hydrogen-bond acceptors (Lipinski definition) is 7. The number of hydrogen-bond donors (Lipinski definition) is 2. The topological polar surface area (TPSA) is 83.5 Å². The van der Waals surface area contributed by atoms with E-state index >= 15 is 0 Å². The van der Waals surface area contributed by atoms with Crippen LogP contribution in [0.4, 0.5) is 5.69 Å². The predicted octanol–water partition coefficient (Wildman–Crippen LogP) is 3.79. The smallest absolute Gasteiger partial charge is 0.225 e. The largest absolute Gasteiger partial charge is 0.489 e. The Balaban J connectivity index is 1.12. The highest BCUT2D eigenvalue weighted by Gasteiger charge is 2.33. The Kier molecular flexibility index (Phi) is 7.54. The van der Waals surface area contributed by atoms with Gasteiger partial charge in [-0.1, -0.05) is 17.7 Å². The Labute approximate surface area is 228 Å².